The Morgan fingerprint density at radius 1 is 1.75 bits per heavy atom. The first kappa shape index (κ1) is 8.92. The number of nitriles is 1. The van der Waals surface area contributed by atoms with Crippen LogP contribution in [0.5, 0.6) is 0 Å². The smallest absolute Gasteiger partial charge is 0 e. The zero-order valence-electron chi connectivity index (χ0n) is 1.95. The molecule has 4 heavy (non-hydrogen) atoms. The van der Waals surface area contributed by atoms with Crippen molar-refractivity contribution in [3.05, 3.63) is 0 Å². The van der Waals surface area contributed by atoms with E-state index >= 15 is 0 Å². The van der Waals surface area contributed by atoms with Gasteiger partial charge in [0.1, 0.15) is 0 Å². The second kappa shape index (κ2) is 8.94. The first-order valence-corrected chi connectivity index (χ1v) is 1.25. The number of hydrogen-bond donors (Lipinski definition) is 0. The van der Waals surface area contributed by atoms with Gasteiger partial charge in [-0.3, -0.25) is 0 Å². The number of hydrogen-bond acceptors (Lipinski definition) is 1. The van der Waals surface area contributed by atoms with Crippen molar-refractivity contribution in [2.45, 2.75) is 0 Å². The van der Waals surface area contributed by atoms with Crippen molar-refractivity contribution in [1.29, 1.82) is 5.26 Å². The Hall–Kier alpha value is 1.09. The van der Waals surface area contributed by atoms with Crippen LogP contribution in [-0.2, 0) is 46.6 Å². The SMILES string of the molecule is N#[C][Ti].[Zr]. The molecule has 0 saturated carbocycles. The van der Waals surface area contributed by atoms with Crippen molar-refractivity contribution in [2.24, 2.45) is 0 Å². The minimum Gasteiger partial charge on any atom is 0 e. The van der Waals surface area contributed by atoms with Gasteiger partial charge in [0.2, 0.25) is 0 Å². The zero-order valence-corrected chi connectivity index (χ0v) is 5.97. The Bertz CT molecular complexity index is 29.5. The maximum absolute atomic E-state index is 7.32. The maximum atomic E-state index is 7.32. The van der Waals surface area contributed by atoms with E-state index in [-0.39, 0.29) is 26.2 Å². The fourth-order valence-corrected chi connectivity index (χ4v) is 0. The van der Waals surface area contributed by atoms with Crippen LogP contribution in [0.2, 0.25) is 0 Å². The molecule has 1 nitrogen and oxygen atoms in total. The number of rotatable bonds is 0. The van der Waals surface area contributed by atoms with Crippen molar-refractivity contribution in [2.75, 3.05) is 0 Å². The summed E-state index contributed by atoms with van der Waals surface area (Å²) in [5.74, 6) is 0. The van der Waals surface area contributed by atoms with Gasteiger partial charge in [-0.05, 0) is 0 Å². The van der Waals surface area contributed by atoms with Gasteiger partial charge in [0.25, 0.3) is 0 Å². The van der Waals surface area contributed by atoms with Crippen molar-refractivity contribution >= 4 is 0 Å². The van der Waals surface area contributed by atoms with E-state index in [9.17, 15) is 0 Å². The summed E-state index contributed by atoms with van der Waals surface area (Å²) in [5.41, 5.74) is 0. The van der Waals surface area contributed by atoms with Crippen LogP contribution in [0.25, 0.3) is 0 Å². The molecule has 0 aliphatic carbocycles. The molecule has 0 heterocycles. The molecule has 0 N–H and O–H groups in total. The predicted octanol–water partition coefficient (Wildman–Crippen LogP) is 0.0118. The summed E-state index contributed by atoms with van der Waals surface area (Å²) in [5, 5.41) is 7.32. The zero-order chi connectivity index (χ0) is 2.71. The van der Waals surface area contributed by atoms with Crippen LogP contribution in [0, 0.1) is 9.64 Å². The van der Waals surface area contributed by atoms with Gasteiger partial charge in [0.05, 0.1) is 0 Å². The first-order valence-electron chi connectivity index (χ1n) is 0.474. The molecular weight excluding hydrogens is 165 g/mol. The van der Waals surface area contributed by atoms with Crippen molar-refractivity contribution < 1.29 is 46.6 Å². The average molecular weight is 165 g/mol. The molecule has 0 aromatic heterocycles. The molecule has 0 amide bonds. The Labute approximate surface area is 55.9 Å². The molecule has 0 atom stereocenters. The molecule has 0 unspecified atom stereocenters. The van der Waals surface area contributed by atoms with Gasteiger partial charge in [-0.1, -0.05) is 0 Å². The Morgan fingerprint density at radius 3 is 1.75 bits per heavy atom. The molecule has 3 heteroatoms. The molecule has 0 bridgehead atoms. The van der Waals surface area contributed by atoms with Gasteiger partial charge < -0.3 is 0 Å². The van der Waals surface area contributed by atoms with E-state index in [1.807, 2.05) is 0 Å². The first-order chi connectivity index (χ1) is 1.41. The van der Waals surface area contributed by atoms with Crippen LogP contribution < -0.4 is 0 Å². The molecule has 0 aromatic carbocycles. The molecule has 0 aliphatic heterocycles. The average Bonchev–Trinajstić information content (AvgIpc) is 0.918. The van der Waals surface area contributed by atoms with Gasteiger partial charge in [-0.2, -0.15) is 0 Å². The normalized spacial score (nSPS) is 1.50. The van der Waals surface area contributed by atoms with E-state index in [0.717, 1.165) is 0 Å². The van der Waals surface area contributed by atoms with Crippen LogP contribution in [0.4, 0.5) is 0 Å². The van der Waals surface area contributed by atoms with Crippen LogP contribution in [-0.4, -0.2) is 0 Å². The number of nitrogens with zero attached hydrogens (tertiary/aromatic N) is 1. The van der Waals surface area contributed by atoms with E-state index in [1.165, 1.54) is 20.4 Å². The molecule has 0 spiro atoms. The minimum absolute atomic E-state index is 0. The second-order valence-corrected chi connectivity index (χ2v) is 0.461. The fourth-order valence-electron chi connectivity index (χ4n) is 0. The molecule has 17 valence electrons. The predicted molar refractivity (Wildman–Crippen MR) is 5.61 cm³/mol. The van der Waals surface area contributed by atoms with Gasteiger partial charge in [0, 0.05) is 26.2 Å². The summed E-state index contributed by atoms with van der Waals surface area (Å²) < 4.78 is 1.75. The third-order valence-electron chi connectivity index (χ3n) is 0. The molecular formula is CNTiZr. The monoisotopic (exact) mass is 164 g/mol. The Balaban J connectivity index is 0. The van der Waals surface area contributed by atoms with Crippen LogP contribution in [0.15, 0.2) is 0 Å². The van der Waals surface area contributed by atoms with Crippen LogP contribution in [0.3, 0.4) is 0 Å². The van der Waals surface area contributed by atoms with E-state index in [2.05, 4.69) is 0 Å². The van der Waals surface area contributed by atoms with Crippen molar-refractivity contribution in [3.8, 4) is 4.37 Å². The van der Waals surface area contributed by atoms with E-state index < -0.39 is 0 Å². The summed E-state index contributed by atoms with van der Waals surface area (Å²) in [6, 6.07) is 0. The van der Waals surface area contributed by atoms with Gasteiger partial charge in [-0.15, -0.1) is 0 Å². The summed E-state index contributed by atoms with van der Waals surface area (Å²) in [7, 11) is 0. The second-order valence-electron chi connectivity index (χ2n) is 0.112. The van der Waals surface area contributed by atoms with E-state index in [1.54, 1.807) is 4.37 Å². The molecule has 0 rings (SSSR count). The van der Waals surface area contributed by atoms with E-state index in [0.29, 0.717) is 0 Å². The topological polar surface area (TPSA) is 23.8 Å². The summed E-state index contributed by atoms with van der Waals surface area (Å²) in [4.78, 5) is 0. The molecule has 0 saturated heterocycles. The minimum atomic E-state index is 0. The summed E-state index contributed by atoms with van der Waals surface area (Å²) in [6.07, 6.45) is 0. The summed E-state index contributed by atoms with van der Waals surface area (Å²) in [6.45, 7) is 0. The summed E-state index contributed by atoms with van der Waals surface area (Å²) >= 11 is 1.43. The van der Waals surface area contributed by atoms with Crippen LogP contribution in [0.1, 0.15) is 0 Å². The van der Waals surface area contributed by atoms with Crippen molar-refractivity contribution in [3.63, 3.8) is 0 Å². The molecule has 0 aliphatic rings. The Kier molecular flexibility index (Phi) is 19.9. The van der Waals surface area contributed by atoms with Gasteiger partial charge >= 0.3 is 30.1 Å². The largest absolute Gasteiger partial charge is 0 e. The molecule has 0 aromatic rings. The molecule has 0 radical (unpaired) electrons. The standard InChI is InChI=1S/CN.Ti.Zr/c1-2;;. The van der Waals surface area contributed by atoms with Crippen LogP contribution >= 0.6 is 0 Å². The third kappa shape index (κ3) is 11.4. The third-order valence-corrected chi connectivity index (χ3v) is 0. The molecule has 0 fully saturated rings. The Morgan fingerprint density at radius 2 is 1.75 bits per heavy atom. The van der Waals surface area contributed by atoms with Crippen molar-refractivity contribution in [1.82, 2.24) is 0 Å². The fraction of sp³-hybridized carbons (Fsp3) is 0. The quantitative estimate of drug-likeness (QED) is 0.464. The van der Waals surface area contributed by atoms with Gasteiger partial charge in [0.15, 0.2) is 0 Å². The maximum Gasteiger partial charge on any atom is 0 e. The van der Waals surface area contributed by atoms with Gasteiger partial charge in [-0.25, -0.2) is 0 Å². The van der Waals surface area contributed by atoms with E-state index in [4.69, 9.17) is 5.26 Å².